The van der Waals surface area contributed by atoms with E-state index >= 15 is 0 Å². The molecule has 1 aliphatic rings. The van der Waals surface area contributed by atoms with E-state index in [-0.39, 0.29) is 12.3 Å². The molecule has 0 aliphatic carbocycles. The highest BCUT2D eigenvalue weighted by Crippen LogP contribution is 2.24. The van der Waals surface area contributed by atoms with E-state index < -0.39 is 12.0 Å². The lowest BCUT2D eigenvalue weighted by Gasteiger charge is -2.21. The maximum Gasteiger partial charge on any atom is 0.326 e. The number of nitrogens with zero attached hydrogens (tertiary/aromatic N) is 1. The zero-order valence-electron chi connectivity index (χ0n) is 10.8. The second-order valence-corrected chi connectivity index (χ2v) is 5.65. The molecule has 1 aliphatic heterocycles. The molecule has 1 aromatic carbocycles. The Balaban J connectivity index is 1.94. The number of likely N-dealkylation sites (tertiary alicyclic amines) is 1. The van der Waals surface area contributed by atoms with Crippen molar-refractivity contribution in [1.82, 2.24) is 4.90 Å². The average molecular weight is 316 g/mol. The molecular formula is C14H15Cl2NO3. The molecule has 0 saturated carbocycles. The third-order valence-electron chi connectivity index (χ3n) is 3.47. The van der Waals surface area contributed by atoms with Gasteiger partial charge in [0.25, 0.3) is 0 Å². The molecule has 2 rings (SSSR count). The number of carbonyl (C=O) groups is 2. The van der Waals surface area contributed by atoms with E-state index in [9.17, 15) is 9.59 Å². The van der Waals surface area contributed by atoms with Crippen LogP contribution in [-0.2, 0) is 16.0 Å². The number of aliphatic carboxylic acids is 1. The molecule has 1 N–H and O–H groups in total. The van der Waals surface area contributed by atoms with Crippen LogP contribution in [0.25, 0.3) is 0 Å². The van der Waals surface area contributed by atoms with Gasteiger partial charge in [0, 0.05) is 13.0 Å². The minimum Gasteiger partial charge on any atom is -0.480 e. The fraction of sp³-hybridized carbons (Fsp3) is 0.429. The number of hydrogen-bond donors (Lipinski definition) is 1. The first-order chi connectivity index (χ1) is 9.49. The van der Waals surface area contributed by atoms with E-state index in [1.165, 1.54) is 4.90 Å². The van der Waals surface area contributed by atoms with Crippen LogP contribution < -0.4 is 0 Å². The summed E-state index contributed by atoms with van der Waals surface area (Å²) < 4.78 is 0. The Morgan fingerprint density at radius 1 is 1.30 bits per heavy atom. The van der Waals surface area contributed by atoms with Crippen LogP contribution in [0, 0.1) is 0 Å². The van der Waals surface area contributed by atoms with Crippen molar-refractivity contribution in [2.24, 2.45) is 0 Å². The van der Waals surface area contributed by atoms with Crippen LogP contribution in [0.4, 0.5) is 0 Å². The zero-order chi connectivity index (χ0) is 14.7. The van der Waals surface area contributed by atoms with E-state index in [1.807, 2.05) is 6.07 Å². The van der Waals surface area contributed by atoms with Crippen LogP contribution in [-0.4, -0.2) is 34.5 Å². The van der Waals surface area contributed by atoms with Gasteiger partial charge in [-0.2, -0.15) is 0 Å². The molecule has 0 bridgehead atoms. The van der Waals surface area contributed by atoms with E-state index in [0.717, 1.165) is 12.0 Å². The summed E-state index contributed by atoms with van der Waals surface area (Å²) in [5.41, 5.74) is 0.916. The molecule has 1 fully saturated rings. The monoisotopic (exact) mass is 315 g/mol. The first-order valence-electron chi connectivity index (χ1n) is 6.45. The minimum absolute atomic E-state index is 0.124. The van der Waals surface area contributed by atoms with Gasteiger partial charge in [-0.3, -0.25) is 4.79 Å². The van der Waals surface area contributed by atoms with Gasteiger partial charge in [-0.25, -0.2) is 4.79 Å². The lowest BCUT2D eigenvalue weighted by atomic mass is 10.1. The Hall–Kier alpha value is -1.26. The van der Waals surface area contributed by atoms with Gasteiger partial charge in [0.05, 0.1) is 10.0 Å². The first kappa shape index (κ1) is 15.1. The molecule has 4 nitrogen and oxygen atoms in total. The van der Waals surface area contributed by atoms with Crippen molar-refractivity contribution >= 4 is 35.1 Å². The van der Waals surface area contributed by atoms with E-state index in [4.69, 9.17) is 28.3 Å². The van der Waals surface area contributed by atoms with Crippen LogP contribution in [0.5, 0.6) is 0 Å². The highest BCUT2D eigenvalue weighted by atomic mass is 35.5. The van der Waals surface area contributed by atoms with Crippen molar-refractivity contribution in [3.8, 4) is 0 Å². The number of carboxylic acids is 1. The molecule has 0 radical (unpaired) electrons. The number of hydrogen-bond acceptors (Lipinski definition) is 2. The summed E-state index contributed by atoms with van der Waals surface area (Å²) in [6.45, 7) is 0.525. The number of benzene rings is 1. The van der Waals surface area contributed by atoms with Crippen molar-refractivity contribution in [3.05, 3.63) is 33.8 Å². The number of carboxylic acid groups (broad SMARTS) is 1. The molecule has 1 aromatic rings. The molecule has 6 heteroatoms. The van der Waals surface area contributed by atoms with Crippen LogP contribution in [0.15, 0.2) is 18.2 Å². The second-order valence-electron chi connectivity index (χ2n) is 4.83. The number of carbonyl (C=O) groups excluding carboxylic acids is 1. The van der Waals surface area contributed by atoms with Crippen molar-refractivity contribution in [1.29, 1.82) is 0 Å². The average Bonchev–Trinajstić information content (AvgIpc) is 2.89. The quantitative estimate of drug-likeness (QED) is 0.929. The van der Waals surface area contributed by atoms with E-state index in [1.54, 1.807) is 12.1 Å². The fourth-order valence-electron chi connectivity index (χ4n) is 2.41. The van der Waals surface area contributed by atoms with Gasteiger partial charge in [0.15, 0.2) is 0 Å². The molecule has 0 unspecified atom stereocenters. The Kier molecular flexibility index (Phi) is 4.89. The SMILES string of the molecule is O=C(O)[C@@H]1CCCN1C(=O)CCc1ccc(Cl)c(Cl)c1. The van der Waals surface area contributed by atoms with Crippen molar-refractivity contribution < 1.29 is 14.7 Å². The van der Waals surface area contributed by atoms with Crippen molar-refractivity contribution in [2.45, 2.75) is 31.7 Å². The Morgan fingerprint density at radius 3 is 2.70 bits per heavy atom. The fourth-order valence-corrected chi connectivity index (χ4v) is 2.73. The summed E-state index contributed by atoms with van der Waals surface area (Å²) in [5.74, 6) is -1.05. The maximum absolute atomic E-state index is 12.1. The molecule has 1 amide bonds. The van der Waals surface area contributed by atoms with Gasteiger partial charge in [-0.1, -0.05) is 29.3 Å². The van der Waals surface area contributed by atoms with Crippen LogP contribution in [0.1, 0.15) is 24.8 Å². The van der Waals surface area contributed by atoms with Crippen LogP contribution in [0.2, 0.25) is 10.0 Å². The summed E-state index contributed by atoms with van der Waals surface area (Å²) in [4.78, 5) is 24.6. The summed E-state index contributed by atoms with van der Waals surface area (Å²) >= 11 is 11.7. The third-order valence-corrected chi connectivity index (χ3v) is 4.21. The van der Waals surface area contributed by atoms with Gasteiger partial charge >= 0.3 is 5.97 Å². The minimum atomic E-state index is -0.926. The second kappa shape index (κ2) is 6.46. The lowest BCUT2D eigenvalue weighted by molar-refractivity contribution is -0.148. The standard InChI is InChI=1S/C14H15Cl2NO3/c15-10-5-3-9(8-11(10)16)4-6-13(18)17-7-1-2-12(17)14(19)20/h3,5,8,12H,1-2,4,6-7H2,(H,19,20)/t12-/m0/s1. The normalized spacial score (nSPS) is 18.3. The molecule has 1 atom stereocenters. The molecule has 0 aromatic heterocycles. The van der Waals surface area contributed by atoms with Gasteiger partial charge in [-0.15, -0.1) is 0 Å². The molecular weight excluding hydrogens is 301 g/mol. The van der Waals surface area contributed by atoms with Crippen LogP contribution in [0.3, 0.4) is 0 Å². The molecule has 108 valence electrons. The van der Waals surface area contributed by atoms with Gasteiger partial charge in [0.2, 0.25) is 5.91 Å². The summed E-state index contributed by atoms with van der Waals surface area (Å²) in [7, 11) is 0. The number of amides is 1. The highest BCUT2D eigenvalue weighted by Gasteiger charge is 2.33. The Morgan fingerprint density at radius 2 is 2.05 bits per heavy atom. The predicted octanol–water partition coefficient (Wildman–Crippen LogP) is 3.00. The van der Waals surface area contributed by atoms with Crippen molar-refractivity contribution in [3.63, 3.8) is 0 Å². The van der Waals surface area contributed by atoms with E-state index in [2.05, 4.69) is 0 Å². The zero-order valence-corrected chi connectivity index (χ0v) is 12.3. The number of aryl methyl sites for hydroxylation is 1. The Labute approximate surface area is 127 Å². The summed E-state index contributed by atoms with van der Waals surface area (Å²) in [6, 6.07) is 4.58. The van der Waals surface area contributed by atoms with Gasteiger partial charge in [0.1, 0.15) is 6.04 Å². The first-order valence-corrected chi connectivity index (χ1v) is 7.21. The number of rotatable bonds is 4. The largest absolute Gasteiger partial charge is 0.480 e. The summed E-state index contributed by atoms with van der Waals surface area (Å²) in [6.07, 6.45) is 2.09. The molecule has 1 saturated heterocycles. The lowest BCUT2D eigenvalue weighted by Crippen LogP contribution is -2.40. The third kappa shape index (κ3) is 3.44. The maximum atomic E-state index is 12.1. The topological polar surface area (TPSA) is 57.6 Å². The molecule has 0 spiro atoms. The molecule has 20 heavy (non-hydrogen) atoms. The van der Waals surface area contributed by atoms with Crippen LogP contribution >= 0.6 is 23.2 Å². The predicted molar refractivity (Wildman–Crippen MR) is 77.2 cm³/mol. The Bertz CT molecular complexity index is 533. The number of halogens is 2. The summed E-state index contributed by atoms with van der Waals surface area (Å²) in [5, 5.41) is 10.00. The highest BCUT2D eigenvalue weighted by molar-refractivity contribution is 6.42. The van der Waals surface area contributed by atoms with Gasteiger partial charge < -0.3 is 10.0 Å². The molecule has 1 heterocycles. The smallest absolute Gasteiger partial charge is 0.326 e. The van der Waals surface area contributed by atoms with Crippen molar-refractivity contribution in [2.75, 3.05) is 6.54 Å². The van der Waals surface area contributed by atoms with E-state index in [0.29, 0.717) is 29.4 Å². The van der Waals surface area contributed by atoms with Gasteiger partial charge in [-0.05, 0) is 37.0 Å².